The molecular weight excluding hydrogens is 192 g/mol. The minimum absolute atomic E-state index is 0.0701. The highest BCUT2D eigenvalue weighted by molar-refractivity contribution is 5.83. The molecule has 0 spiro atoms. The summed E-state index contributed by atoms with van der Waals surface area (Å²) in [7, 11) is 0. The van der Waals surface area contributed by atoms with Gasteiger partial charge in [0.1, 0.15) is 11.8 Å². The third kappa shape index (κ3) is 3.25. The lowest BCUT2D eigenvalue weighted by Crippen LogP contribution is -2.38. The second kappa shape index (κ2) is 4.79. The van der Waals surface area contributed by atoms with Crippen LogP contribution in [0.5, 0.6) is 5.75 Å². The third-order valence-electron chi connectivity index (χ3n) is 1.97. The third-order valence-corrected chi connectivity index (χ3v) is 1.97. The summed E-state index contributed by atoms with van der Waals surface area (Å²) < 4.78 is 0. The zero-order valence-corrected chi connectivity index (χ0v) is 8.90. The average Bonchev–Trinajstić information content (AvgIpc) is 2.17. The Balaban J connectivity index is 2.71. The smallest absolute Gasteiger partial charge is 0.241 e. The van der Waals surface area contributed by atoms with Crippen molar-refractivity contribution in [2.24, 2.45) is 5.73 Å². The van der Waals surface area contributed by atoms with Crippen LogP contribution in [0.3, 0.4) is 0 Å². The predicted octanol–water partition coefficient (Wildman–Crippen LogP) is 0.917. The van der Waals surface area contributed by atoms with Gasteiger partial charge in [-0.15, -0.1) is 0 Å². The summed E-state index contributed by atoms with van der Waals surface area (Å²) in [5.74, 6) is -0.0501. The summed E-state index contributed by atoms with van der Waals surface area (Å²) >= 11 is 0. The molecule has 0 saturated carbocycles. The number of carbonyl (C=O) groups is 1. The highest BCUT2D eigenvalue weighted by atomic mass is 16.3. The fraction of sp³-hybridized carbons (Fsp3) is 0.364. The molecule has 0 fully saturated rings. The Morgan fingerprint density at radius 2 is 1.87 bits per heavy atom. The van der Waals surface area contributed by atoms with E-state index in [2.05, 4.69) is 5.32 Å². The van der Waals surface area contributed by atoms with Crippen LogP contribution in [0, 0.1) is 0 Å². The summed E-state index contributed by atoms with van der Waals surface area (Å²) in [6, 6.07) is 5.68. The minimum atomic E-state index is -0.687. The average molecular weight is 208 g/mol. The van der Waals surface area contributed by atoms with Gasteiger partial charge in [0.25, 0.3) is 0 Å². The molecule has 0 unspecified atom stereocenters. The van der Waals surface area contributed by atoms with Gasteiger partial charge in [0.05, 0.1) is 0 Å². The second-order valence-corrected chi connectivity index (χ2v) is 3.73. The van der Waals surface area contributed by atoms with Crippen LogP contribution in [0.1, 0.15) is 25.5 Å². The number of nitrogens with two attached hydrogens (primary N) is 1. The van der Waals surface area contributed by atoms with E-state index in [1.54, 1.807) is 12.1 Å². The molecule has 4 heteroatoms. The molecule has 1 rings (SSSR count). The molecule has 4 nitrogen and oxygen atoms in total. The van der Waals surface area contributed by atoms with Gasteiger partial charge in [-0.1, -0.05) is 12.1 Å². The van der Waals surface area contributed by atoms with Crippen molar-refractivity contribution in [1.29, 1.82) is 0 Å². The van der Waals surface area contributed by atoms with E-state index in [-0.39, 0.29) is 17.7 Å². The molecule has 1 atom stereocenters. The highest BCUT2D eigenvalue weighted by Gasteiger charge is 2.15. The van der Waals surface area contributed by atoms with E-state index in [0.29, 0.717) is 5.56 Å². The van der Waals surface area contributed by atoms with E-state index in [1.165, 1.54) is 12.1 Å². The molecular formula is C11H16N2O2. The molecule has 0 aliphatic rings. The largest absolute Gasteiger partial charge is 0.508 e. The van der Waals surface area contributed by atoms with Gasteiger partial charge >= 0.3 is 0 Å². The molecule has 0 aromatic heterocycles. The molecule has 1 aromatic rings. The van der Waals surface area contributed by atoms with Gasteiger partial charge in [-0.05, 0) is 31.5 Å². The molecule has 0 bridgehead atoms. The Morgan fingerprint density at radius 1 is 1.33 bits per heavy atom. The fourth-order valence-corrected chi connectivity index (χ4v) is 1.21. The summed E-state index contributed by atoms with van der Waals surface area (Å²) in [5.41, 5.74) is 6.43. The molecule has 0 heterocycles. The van der Waals surface area contributed by atoms with E-state index in [9.17, 15) is 4.79 Å². The van der Waals surface area contributed by atoms with Crippen molar-refractivity contribution in [1.82, 2.24) is 5.32 Å². The Bertz CT molecular complexity index is 333. The van der Waals surface area contributed by atoms with Gasteiger partial charge in [-0.3, -0.25) is 4.79 Å². The predicted molar refractivity (Wildman–Crippen MR) is 58.3 cm³/mol. The molecule has 1 aromatic carbocycles. The number of phenols is 1. The first kappa shape index (κ1) is 11.5. The van der Waals surface area contributed by atoms with Crippen LogP contribution < -0.4 is 11.1 Å². The quantitative estimate of drug-likeness (QED) is 0.691. The molecule has 0 saturated heterocycles. The maximum Gasteiger partial charge on any atom is 0.241 e. The number of rotatable bonds is 3. The fourth-order valence-electron chi connectivity index (χ4n) is 1.21. The first-order valence-corrected chi connectivity index (χ1v) is 4.85. The molecule has 0 aliphatic heterocycles. The first-order valence-electron chi connectivity index (χ1n) is 4.85. The Morgan fingerprint density at radius 3 is 2.33 bits per heavy atom. The topological polar surface area (TPSA) is 75.4 Å². The minimum Gasteiger partial charge on any atom is -0.508 e. The van der Waals surface area contributed by atoms with Crippen molar-refractivity contribution in [2.75, 3.05) is 0 Å². The maximum absolute atomic E-state index is 11.5. The van der Waals surface area contributed by atoms with Gasteiger partial charge in [0, 0.05) is 6.04 Å². The molecule has 15 heavy (non-hydrogen) atoms. The molecule has 1 amide bonds. The van der Waals surface area contributed by atoms with Crippen molar-refractivity contribution in [3.05, 3.63) is 29.8 Å². The van der Waals surface area contributed by atoms with Gasteiger partial charge < -0.3 is 16.2 Å². The number of nitrogens with one attached hydrogen (secondary N) is 1. The Labute approximate surface area is 89.1 Å². The number of carbonyl (C=O) groups excluding carboxylic acids is 1. The van der Waals surface area contributed by atoms with Crippen LogP contribution in [0.4, 0.5) is 0 Å². The summed E-state index contributed by atoms with van der Waals surface area (Å²) in [6.07, 6.45) is 0. The standard InChI is InChI=1S/C11H16N2O2/c1-7(2)13-11(15)10(12)8-3-5-9(14)6-4-8/h3-7,10,14H,12H2,1-2H3,(H,13,15)/t10-/m0/s1. The number of amides is 1. The van der Waals surface area contributed by atoms with Crippen LogP contribution in [-0.2, 0) is 4.79 Å². The van der Waals surface area contributed by atoms with Crippen LogP contribution in [-0.4, -0.2) is 17.1 Å². The van der Waals surface area contributed by atoms with Gasteiger partial charge in [0.2, 0.25) is 5.91 Å². The van der Waals surface area contributed by atoms with E-state index < -0.39 is 6.04 Å². The normalized spacial score (nSPS) is 12.5. The SMILES string of the molecule is CC(C)NC(=O)[C@@H](N)c1ccc(O)cc1. The highest BCUT2D eigenvalue weighted by Crippen LogP contribution is 2.15. The van der Waals surface area contributed by atoms with Gasteiger partial charge in [-0.2, -0.15) is 0 Å². The Kier molecular flexibility index (Phi) is 3.68. The van der Waals surface area contributed by atoms with Crippen LogP contribution in [0.2, 0.25) is 0 Å². The summed E-state index contributed by atoms with van der Waals surface area (Å²) in [4.78, 5) is 11.5. The summed E-state index contributed by atoms with van der Waals surface area (Å²) in [6.45, 7) is 3.75. The van der Waals surface area contributed by atoms with Crippen molar-refractivity contribution < 1.29 is 9.90 Å². The van der Waals surface area contributed by atoms with Crippen molar-refractivity contribution in [2.45, 2.75) is 25.9 Å². The maximum atomic E-state index is 11.5. The van der Waals surface area contributed by atoms with Gasteiger partial charge in [0.15, 0.2) is 0 Å². The number of aromatic hydroxyl groups is 1. The lowest BCUT2D eigenvalue weighted by Gasteiger charge is -2.14. The summed E-state index contributed by atoms with van der Waals surface area (Å²) in [5, 5.41) is 11.8. The molecule has 82 valence electrons. The van der Waals surface area contributed by atoms with Crippen LogP contribution in [0.15, 0.2) is 24.3 Å². The first-order chi connectivity index (χ1) is 7.00. The van der Waals surface area contributed by atoms with Gasteiger partial charge in [-0.25, -0.2) is 0 Å². The van der Waals surface area contributed by atoms with E-state index >= 15 is 0 Å². The lowest BCUT2D eigenvalue weighted by molar-refractivity contribution is -0.122. The molecule has 0 radical (unpaired) electrons. The van der Waals surface area contributed by atoms with Crippen molar-refractivity contribution in [3.63, 3.8) is 0 Å². The molecule has 0 aliphatic carbocycles. The second-order valence-electron chi connectivity index (χ2n) is 3.73. The zero-order valence-electron chi connectivity index (χ0n) is 8.90. The van der Waals surface area contributed by atoms with E-state index in [4.69, 9.17) is 10.8 Å². The van der Waals surface area contributed by atoms with Crippen LogP contribution in [0.25, 0.3) is 0 Å². The lowest BCUT2D eigenvalue weighted by atomic mass is 10.1. The van der Waals surface area contributed by atoms with Crippen molar-refractivity contribution in [3.8, 4) is 5.75 Å². The van der Waals surface area contributed by atoms with Crippen LogP contribution >= 0.6 is 0 Å². The van der Waals surface area contributed by atoms with E-state index in [1.807, 2.05) is 13.8 Å². The molecule has 4 N–H and O–H groups in total. The number of hydrogen-bond donors (Lipinski definition) is 3. The van der Waals surface area contributed by atoms with Crippen molar-refractivity contribution >= 4 is 5.91 Å². The zero-order chi connectivity index (χ0) is 11.4. The number of hydrogen-bond acceptors (Lipinski definition) is 3. The Hall–Kier alpha value is -1.55. The number of phenolic OH excluding ortho intramolecular Hbond substituents is 1. The number of benzene rings is 1. The monoisotopic (exact) mass is 208 g/mol. The van der Waals surface area contributed by atoms with E-state index in [0.717, 1.165) is 0 Å².